The van der Waals surface area contributed by atoms with Gasteiger partial charge in [-0.1, -0.05) is 48.5 Å². The second kappa shape index (κ2) is 8.99. The first-order chi connectivity index (χ1) is 14.6. The minimum atomic E-state index is 0.0130. The first-order valence-corrected chi connectivity index (χ1v) is 10.3. The number of likely N-dealkylation sites (tertiary alicyclic amines) is 1. The average molecular weight is 402 g/mol. The monoisotopic (exact) mass is 402 g/mol. The van der Waals surface area contributed by atoms with E-state index >= 15 is 0 Å². The summed E-state index contributed by atoms with van der Waals surface area (Å²) in [5.74, 6) is 0.858. The number of fused-ring (bicyclic) bond motifs is 1. The van der Waals surface area contributed by atoms with E-state index < -0.39 is 0 Å². The number of benzene rings is 3. The first-order valence-electron chi connectivity index (χ1n) is 10.3. The Labute approximate surface area is 176 Å². The van der Waals surface area contributed by atoms with Crippen molar-refractivity contribution in [2.24, 2.45) is 0 Å². The summed E-state index contributed by atoms with van der Waals surface area (Å²) in [5.41, 5.74) is 1.70. The number of hydrogen-bond donors (Lipinski definition) is 1. The SMILES string of the molecule is COc1ccc(CC(=O)NC2CCN(C(=O)c3cccc4ccccc34)CC2)cc1. The number of ether oxygens (including phenoxy) is 1. The molecule has 154 valence electrons. The van der Waals surface area contributed by atoms with Gasteiger partial charge in [-0.3, -0.25) is 9.59 Å². The van der Waals surface area contributed by atoms with Crippen molar-refractivity contribution >= 4 is 22.6 Å². The third-order valence-electron chi connectivity index (χ3n) is 5.69. The van der Waals surface area contributed by atoms with Crippen molar-refractivity contribution in [3.8, 4) is 5.75 Å². The van der Waals surface area contributed by atoms with Crippen LogP contribution in [0.15, 0.2) is 66.7 Å². The highest BCUT2D eigenvalue weighted by Gasteiger charge is 2.25. The van der Waals surface area contributed by atoms with E-state index in [0.717, 1.165) is 40.5 Å². The predicted octanol–water partition coefficient (Wildman–Crippen LogP) is 3.81. The van der Waals surface area contributed by atoms with Gasteiger partial charge in [0, 0.05) is 24.7 Å². The summed E-state index contributed by atoms with van der Waals surface area (Å²) >= 11 is 0. The van der Waals surface area contributed by atoms with Gasteiger partial charge in [0.15, 0.2) is 0 Å². The lowest BCUT2D eigenvalue weighted by molar-refractivity contribution is -0.121. The largest absolute Gasteiger partial charge is 0.497 e. The number of nitrogens with zero attached hydrogens (tertiary/aromatic N) is 1. The van der Waals surface area contributed by atoms with Crippen LogP contribution in [-0.4, -0.2) is 43.0 Å². The van der Waals surface area contributed by atoms with E-state index in [-0.39, 0.29) is 17.9 Å². The number of methoxy groups -OCH3 is 1. The van der Waals surface area contributed by atoms with Crippen LogP contribution in [0.4, 0.5) is 0 Å². The lowest BCUT2D eigenvalue weighted by Gasteiger charge is -2.32. The normalized spacial score (nSPS) is 14.5. The van der Waals surface area contributed by atoms with Crippen LogP contribution in [0.25, 0.3) is 10.8 Å². The zero-order valence-corrected chi connectivity index (χ0v) is 17.1. The van der Waals surface area contributed by atoms with E-state index in [1.54, 1.807) is 7.11 Å². The number of nitrogens with one attached hydrogen (secondary N) is 1. The van der Waals surface area contributed by atoms with Gasteiger partial charge < -0.3 is 15.0 Å². The van der Waals surface area contributed by atoms with Crippen molar-refractivity contribution in [3.05, 3.63) is 77.9 Å². The summed E-state index contributed by atoms with van der Waals surface area (Å²) in [4.78, 5) is 27.4. The van der Waals surface area contributed by atoms with E-state index in [9.17, 15) is 9.59 Å². The molecule has 0 radical (unpaired) electrons. The maximum Gasteiger partial charge on any atom is 0.254 e. The molecule has 3 aromatic carbocycles. The van der Waals surface area contributed by atoms with Crippen molar-refractivity contribution < 1.29 is 14.3 Å². The van der Waals surface area contributed by atoms with Crippen molar-refractivity contribution in [3.63, 3.8) is 0 Å². The molecule has 1 N–H and O–H groups in total. The van der Waals surface area contributed by atoms with Gasteiger partial charge in [-0.05, 0) is 47.4 Å². The summed E-state index contributed by atoms with van der Waals surface area (Å²) in [6, 6.07) is 21.5. The molecule has 1 aliphatic heterocycles. The molecule has 5 heteroatoms. The van der Waals surface area contributed by atoms with Gasteiger partial charge in [-0.2, -0.15) is 0 Å². The lowest BCUT2D eigenvalue weighted by atomic mass is 10.0. The van der Waals surface area contributed by atoms with Crippen molar-refractivity contribution in [1.82, 2.24) is 10.2 Å². The molecule has 0 bridgehead atoms. The van der Waals surface area contributed by atoms with Gasteiger partial charge in [0.1, 0.15) is 5.75 Å². The number of carbonyl (C=O) groups is 2. The van der Waals surface area contributed by atoms with Crippen molar-refractivity contribution in [2.75, 3.05) is 20.2 Å². The second-order valence-corrected chi connectivity index (χ2v) is 7.69. The summed E-state index contributed by atoms with van der Waals surface area (Å²) in [5, 5.41) is 5.18. The molecule has 0 aromatic heterocycles. The first kappa shape index (κ1) is 20.0. The molecular formula is C25H26N2O3. The van der Waals surface area contributed by atoms with Crippen LogP contribution >= 0.6 is 0 Å². The van der Waals surface area contributed by atoms with Gasteiger partial charge in [0.2, 0.25) is 5.91 Å². The van der Waals surface area contributed by atoms with Gasteiger partial charge in [-0.25, -0.2) is 0 Å². The van der Waals surface area contributed by atoms with E-state index in [4.69, 9.17) is 4.74 Å². The topological polar surface area (TPSA) is 58.6 Å². The third-order valence-corrected chi connectivity index (χ3v) is 5.69. The van der Waals surface area contributed by atoms with Gasteiger partial charge in [0.25, 0.3) is 5.91 Å². The molecule has 2 amide bonds. The number of amides is 2. The molecule has 0 spiro atoms. The molecule has 30 heavy (non-hydrogen) atoms. The Morgan fingerprint density at radius 1 is 0.967 bits per heavy atom. The highest BCUT2D eigenvalue weighted by Crippen LogP contribution is 2.22. The summed E-state index contributed by atoms with van der Waals surface area (Å²) < 4.78 is 5.15. The zero-order chi connectivity index (χ0) is 20.9. The molecule has 1 heterocycles. The molecule has 1 saturated heterocycles. The van der Waals surface area contributed by atoms with Crippen LogP contribution in [0.3, 0.4) is 0 Å². The predicted molar refractivity (Wildman–Crippen MR) is 118 cm³/mol. The Bertz CT molecular complexity index is 1030. The Kier molecular flexibility index (Phi) is 5.98. The standard InChI is InChI=1S/C25H26N2O3/c1-30-21-11-9-18(10-12-21)17-24(28)26-20-13-15-27(16-14-20)25(29)23-8-4-6-19-5-2-3-7-22(19)23/h2-12,20H,13-17H2,1H3,(H,26,28). The van der Waals surface area contributed by atoms with Gasteiger partial charge in [-0.15, -0.1) is 0 Å². The Balaban J connectivity index is 1.32. The molecule has 0 aliphatic carbocycles. The number of rotatable bonds is 5. The minimum absolute atomic E-state index is 0.0130. The Morgan fingerprint density at radius 2 is 1.67 bits per heavy atom. The summed E-state index contributed by atoms with van der Waals surface area (Å²) in [6.45, 7) is 1.30. The van der Waals surface area contributed by atoms with E-state index in [2.05, 4.69) is 5.32 Å². The van der Waals surface area contributed by atoms with Crippen molar-refractivity contribution in [2.45, 2.75) is 25.3 Å². The highest BCUT2D eigenvalue weighted by atomic mass is 16.5. The lowest BCUT2D eigenvalue weighted by Crippen LogP contribution is -2.46. The quantitative estimate of drug-likeness (QED) is 0.706. The summed E-state index contributed by atoms with van der Waals surface area (Å²) in [7, 11) is 1.62. The van der Waals surface area contributed by atoms with Crippen LogP contribution < -0.4 is 10.1 Å². The zero-order valence-electron chi connectivity index (χ0n) is 17.1. The summed E-state index contributed by atoms with van der Waals surface area (Å²) in [6.07, 6.45) is 1.88. The minimum Gasteiger partial charge on any atom is -0.497 e. The number of hydrogen-bond acceptors (Lipinski definition) is 3. The van der Waals surface area contributed by atoms with Crippen LogP contribution in [0.1, 0.15) is 28.8 Å². The molecule has 1 fully saturated rings. The number of piperidine rings is 1. The fourth-order valence-electron chi connectivity index (χ4n) is 4.02. The maximum atomic E-state index is 13.1. The Morgan fingerprint density at radius 3 is 2.40 bits per heavy atom. The second-order valence-electron chi connectivity index (χ2n) is 7.69. The van der Waals surface area contributed by atoms with Gasteiger partial charge in [0.05, 0.1) is 13.5 Å². The molecule has 5 nitrogen and oxygen atoms in total. The maximum absolute atomic E-state index is 13.1. The highest BCUT2D eigenvalue weighted by molar-refractivity contribution is 6.07. The van der Waals surface area contributed by atoms with Crippen LogP contribution in [0.5, 0.6) is 5.75 Å². The number of carbonyl (C=O) groups excluding carboxylic acids is 2. The molecule has 4 rings (SSSR count). The van der Waals surface area contributed by atoms with Crippen LogP contribution in [0, 0.1) is 0 Å². The van der Waals surface area contributed by atoms with Crippen molar-refractivity contribution in [1.29, 1.82) is 0 Å². The van der Waals surface area contributed by atoms with Gasteiger partial charge >= 0.3 is 0 Å². The Hall–Kier alpha value is -3.34. The van der Waals surface area contributed by atoms with E-state index in [1.807, 2.05) is 71.6 Å². The average Bonchev–Trinajstić information content (AvgIpc) is 2.79. The third kappa shape index (κ3) is 4.46. The fourth-order valence-corrected chi connectivity index (χ4v) is 4.02. The van der Waals surface area contributed by atoms with Crippen LogP contribution in [-0.2, 0) is 11.2 Å². The fraction of sp³-hybridized carbons (Fsp3) is 0.280. The van der Waals surface area contributed by atoms with E-state index in [0.29, 0.717) is 19.5 Å². The smallest absolute Gasteiger partial charge is 0.254 e. The molecule has 0 unspecified atom stereocenters. The molecule has 0 saturated carbocycles. The molecule has 3 aromatic rings. The molecular weight excluding hydrogens is 376 g/mol. The molecule has 1 aliphatic rings. The molecule has 0 atom stereocenters. The van der Waals surface area contributed by atoms with Crippen LogP contribution in [0.2, 0.25) is 0 Å². The van der Waals surface area contributed by atoms with E-state index in [1.165, 1.54) is 0 Å².